The van der Waals surface area contributed by atoms with Gasteiger partial charge in [-0.2, -0.15) is 0 Å². The normalized spacial score (nSPS) is 11.3. The molecule has 0 saturated heterocycles. The van der Waals surface area contributed by atoms with Gasteiger partial charge in [0, 0.05) is 17.6 Å². The monoisotopic (exact) mass is 549 g/mol. The number of aryl methyl sites for hydroxylation is 1. The van der Waals surface area contributed by atoms with Crippen molar-refractivity contribution in [3.63, 3.8) is 0 Å². The summed E-state index contributed by atoms with van der Waals surface area (Å²) in [6.45, 7) is 1.73. The van der Waals surface area contributed by atoms with Crippen LogP contribution in [0.4, 0.5) is 11.6 Å². The van der Waals surface area contributed by atoms with Crippen molar-refractivity contribution in [3.8, 4) is 22.9 Å². The third kappa shape index (κ3) is 5.87. The van der Waals surface area contributed by atoms with E-state index in [0.717, 1.165) is 11.8 Å². The highest BCUT2D eigenvalue weighted by Crippen LogP contribution is 2.30. The van der Waals surface area contributed by atoms with E-state index in [4.69, 9.17) is 8.83 Å². The Balaban J connectivity index is 1.22. The number of aromatic nitrogens is 5. The van der Waals surface area contributed by atoms with Gasteiger partial charge in [0.05, 0.1) is 23.2 Å². The van der Waals surface area contributed by atoms with Crippen molar-refractivity contribution < 1.29 is 22.0 Å². The van der Waals surface area contributed by atoms with Crippen LogP contribution in [0.1, 0.15) is 5.69 Å². The molecule has 4 aromatic heterocycles. The fourth-order valence-electron chi connectivity index (χ4n) is 3.26. The summed E-state index contributed by atoms with van der Waals surface area (Å²) in [6, 6.07) is 14.3. The first-order valence-corrected chi connectivity index (χ1v) is 13.5. The van der Waals surface area contributed by atoms with Gasteiger partial charge in [-0.05, 0) is 61.5 Å². The minimum absolute atomic E-state index is 0.00319. The molecule has 0 fully saturated rings. The maximum Gasteiger partial charge on any atom is 0.264 e. The van der Waals surface area contributed by atoms with E-state index in [0.29, 0.717) is 34.3 Å². The van der Waals surface area contributed by atoms with Crippen LogP contribution < -0.4 is 10.0 Å². The molecule has 192 valence electrons. The standard InChI is InChI=1S/C24H19N7O5S2/c1-15-10-11-25-23(26-15)31-38(33,34)17-8-6-16(7-9-17)27-20(32)14-37-24-28-21(18-4-2-12-35-18)22(29-30-24)19-5-3-13-36-19/h2-13H,14H2,1H3,(H,27,32)(H,25,26,31). The molecule has 0 saturated carbocycles. The smallest absolute Gasteiger partial charge is 0.264 e. The van der Waals surface area contributed by atoms with Crippen molar-refractivity contribution in [2.45, 2.75) is 17.0 Å². The lowest BCUT2D eigenvalue weighted by Crippen LogP contribution is -2.16. The summed E-state index contributed by atoms with van der Waals surface area (Å²) < 4.78 is 38.4. The summed E-state index contributed by atoms with van der Waals surface area (Å²) in [7, 11) is -3.89. The summed E-state index contributed by atoms with van der Waals surface area (Å²) in [5.41, 5.74) is 1.90. The van der Waals surface area contributed by atoms with Crippen LogP contribution in [0.25, 0.3) is 22.9 Å². The first-order valence-electron chi connectivity index (χ1n) is 11.0. The molecular formula is C24H19N7O5S2. The molecular weight excluding hydrogens is 530 g/mol. The third-order valence-corrected chi connectivity index (χ3v) is 7.16. The number of thioether (sulfide) groups is 1. The van der Waals surface area contributed by atoms with Crippen LogP contribution in [0.15, 0.2) is 92.2 Å². The minimum Gasteiger partial charge on any atom is -0.463 e. The number of hydrogen-bond donors (Lipinski definition) is 2. The molecule has 0 aliphatic heterocycles. The van der Waals surface area contributed by atoms with E-state index in [-0.39, 0.29) is 27.7 Å². The van der Waals surface area contributed by atoms with Crippen LogP contribution >= 0.6 is 11.8 Å². The Labute approximate surface area is 221 Å². The predicted molar refractivity (Wildman–Crippen MR) is 139 cm³/mol. The lowest BCUT2D eigenvalue weighted by molar-refractivity contribution is -0.113. The van der Waals surface area contributed by atoms with Crippen LogP contribution in [0, 0.1) is 6.92 Å². The van der Waals surface area contributed by atoms with Crippen LogP contribution in [0.5, 0.6) is 0 Å². The van der Waals surface area contributed by atoms with Crippen molar-refractivity contribution in [3.05, 3.63) is 79.0 Å². The van der Waals surface area contributed by atoms with Crippen LogP contribution in [0.3, 0.4) is 0 Å². The topological polar surface area (TPSA) is 166 Å². The van der Waals surface area contributed by atoms with Crippen molar-refractivity contribution in [2.24, 2.45) is 0 Å². The zero-order valence-corrected chi connectivity index (χ0v) is 21.4. The fraction of sp³-hybridized carbons (Fsp3) is 0.0833. The van der Waals surface area contributed by atoms with Crippen molar-refractivity contribution in [2.75, 3.05) is 15.8 Å². The summed E-state index contributed by atoms with van der Waals surface area (Å²) in [4.78, 5) is 25.0. The van der Waals surface area contributed by atoms with Gasteiger partial charge in [-0.3, -0.25) is 4.79 Å². The van der Waals surface area contributed by atoms with Crippen molar-refractivity contribution >= 4 is 39.3 Å². The van der Waals surface area contributed by atoms with E-state index < -0.39 is 10.0 Å². The number of carbonyl (C=O) groups is 1. The molecule has 5 aromatic rings. The predicted octanol–water partition coefficient (Wildman–Crippen LogP) is 4.02. The molecule has 2 N–H and O–H groups in total. The van der Waals surface area contributed by atoms with Gasteiger partial charge in [-0.15, -0.1) is 10.2 Å². The quantitative estimate of drug-likeness (QED) is 0.255. The Kier molecular flexibility index (Phi) is 7.15. The summed E-state index contributed by atoms with van der Waals surface area (Å²) in [5.74, 6) is 0.596. The largest absolute Gasteiger partial charge is 0.463 e. The molecule has 4 heterocycles. The van der Waals surface area contributed by atoms with Gasteiger partial charge in [0.2, 0.25) is 17.0 Å². The molecule has 0 aliphatic carbocycles. The number of anilines is 2. The maximum absolute atomic E-state index is 12.6. The summed E-state index contributed by atoms with van der Waals surface area (Å²) >= 11 is 1.09. The molecule has 0 aliphatic rings. The second kappa shape index (κ2) is 10.8. The molecule has 0 bridgehead atoms. The maximum atomic E-state index is 12.6. The van der Waals surface area contributed by atoms with E-state index in [1.165, 1.54) is 43.0 Å². The van der Waals surface area contributed by atoms with Gasteiger partial charge in [0.1, 0.15) is 5.69 Å². The molecule has 0 radical (unpaired) electrons. The minimum atomic E-state index is -3.89. The van der Waals surface area contributed by atoms with Gasteiger partial charge in [0.25, 0.3) is 10.0 Å². The lowest BCUT2D eigenvalue weighted by Gasteiger charge is -2.09. The molecule has 0 atom stereocenters. The highest BCUT2D eigenvalue weighted by Gasteiger charge is 2.19. The fourth-order valence-corrected chi connectivity index (χ4v) is 4.80. The summed E-state index contributed by atoms with van der Waals surface area (Å²) in [5, 5.41) is 11.3. The van der Waals surface area contributed by atoms with Gasteiger partial charge in [-0.25, -0.2) is 28.1 Å². The lowest BCUT2D eigenvalue weighted by atomic mass is 10.2. The zero-order chi connectivity index (χ0) is 26.5. The SMILES string of the molecule is Cc1ccnc(NS(=O)(=O)c2ccc(NC(=O)CSc3nnc(-c4ccco4)c(-c4ccco4)n3)cc2)n1. The Bertz CT molecular complexity index is 1660. The number of sulfonamides is 1. The van der Waals surface area contributed by atoms with E-state index >= 15 is 0 Å². The van der Waals surface area contributed by atoms with E-state index in [9.17, 15) is 13.2 Å². The van der Waals surface area contributed by atoms with E-state index in [2.05, 4.69) is 35.2 Å². The first-order chi connectivity index (χ1) is 18.4. The number of benzene rings is 1. The molecule has 5 rings (SSSR count). The number of amides is 1. The number of furan rings is 2. The van der Waals surface area contributed by atoms with Crippen molar-refractivity contribution in [1.82, 2.24) is 25.1 Å². The number of hydrogen-bond acceptors (Lipinski definition) is 11. The molecule has 1 amide bonds. The molecule has 12 nitrogen and oxygen atoms in total. The number of nitrogens with zero attached hydrogens (tertiary/aromatic N) is 5. The van der Waals surface area contributed by atoms with E-state index in [1.807, 2.05) is 0 Å². The highest BCUT2D eigenvalue weighted by atomic mass is 32.2. The Morgan fingerprint density at radius 2 is 1.63 bits per heavy atom. The van der Waals surface area contributed by atoms with Gasteiger partial charge in [0.15, 0.2) is 17.2 Å². The van der Waals surface area contributed by atoms with Crippen molar-refractivity contribution in [1.29, 1.82) is 0 Å². The number of carbonyl (C=O) groups excluding carboxylic acids is 1. The molecule has 1 aromatic carbocycles. The number of nitrogens with one attached hydrogen (secondary N) is 2. The van der Waals surface area contributed by atoms with Crippen LogP contribution in [-0.2, 0) is 14.8 Å². The number of rotatable bonds is 9. The van der Waals surface area contributed by atoms with Gasteiger partial charge < -0.3 is 14.2 Å². The van der Waals surface area contributed by atoms with Crippen LogP contribution in [0.2, 0.25) is 0 Å². The molecule has 14 heteroatoms. The Morgan fingerprint density at radius 1 is 0.921 bits per heavy atom. The first kappa shape index (κ1) is 25.1. The second-order valence-corrected chi connectivity index (χ2v) is 10.4. The third-order valence-electron chi connectivity index (χ3n) is 4.98. The van der Waals surface area contributed by atoms with Crippen LogP contribution in [-0.4, -0.2) is 45.2 Å². The highest BCUT2D eigenvalue weighted by molar-refractivity contribution is 7.99. The average Bonchev–Trinajstić information content (AvgIpc) is 3.62. The second-order valence-electron chi connectivity index (χ2n) is 7.73. The van der Waals surface area contributed by atoms with Gasteiger partial charge in [-0.1, -0.05) is 11.8 Å². The van der Waals surface area contributed by atoms with Gasteiger partial charge >= 0.3 is 0 Å². The molecule has 38 heavy (non-hydrogen) atoms. The summed E-state index contributed by atoms with van der Waals surface area (Å²) in [6.07, 6.45) is 4.50. The molecule has 0 spiro atoms. The Morgan fingerprint density at radius 3 is 2.29 bits per heavy atom. The Hall–Kier alpha value is -4.56. The zero-order valence-electron chi connectivity index (χ0n) is 19.7. The molecule has 0 unspecified atom stereocenters. The average molecular weight is 550 g/mol. The van der Waals surface area contributed by atoms with E-state index in [1.54, 1.807) is 37.3 Å².